The van der Waals surface area contributed by atoms with Gasteiger partial charge in [0.2, 0.25) is 5.91 Å². The third kappa shape index (κ3) is 3.62. The number of hydrogen-bond acceptors (Lipinski definition) is 3. The molecule has 23 heavy (non-hydrogen) atoms. The lowest BCUT2D eigenvalue weighted by molar-refractivity contribution is -0.142. The number of amides is 1. The lowest BCUT2D eigenvalue weighted by Gasteiger charge is -2.14. The summed E-state index contributed by atoms with van der Waals surface area (Å²) in [6.45, 7) is 2.05. The number of aryl methyl sites for hydroxylation is 1. The molecule has 0 saturated heterocycles. The van der Waals surface area contributed by atoms with Crippen LogP contribution in [0.4, 0.5) is 0 Å². The maximum atomic E-state index is 12.4. The second kappa shape index (κ2) is 6.54. The van der Waals surface area contributed by atoms with Crippen LogP contribution in [0.5, 0.6) is 0 Å². The summed E-state index contributed by atoms with van der Waals surface area (Å²) >= 11 is 1.67. The van der Waals surface area contributed by atoms with E-state index in [0.29, 0.717) is 6.42 Å². The summed E-state index contributed by atoms with van der Waals surface area (Å²) in [5.41, 5.74) is 2.12. The molecule has 1 saturated carbocycles. The SMILES string of the molecule is Cc1ccsc1C1CC1C(=O)N[C@@H](Cc1ccccc1)C(=O)O. The molecule has 1 aliphatic carbocycles. The number of carbonyl (C=O) groups excluding carboxylic acids is 1. The number of hydrogen-bond donors (Lipinski definition) is 2. The molecule has 2 aromatic rings. The predicted molar refractivity (Wildman–Crippen MR) is 89.6 cm³/mol. The fourth-order valence-corrected chi connectivity index (χ4v) is 3.98. The average molecular weight is 329 g/mol. The van der Waals surface area contributed by atoms with Gasteiger partial charge in [0.1, 0.15) is 6.04 Å². The van der Waals surface area contributed by atoms with Gasteiger partial charge in [-0.15, -0.1) is 11.3 Å². The molecule has 1 fully saturated rings. The first-order valence-electron chi connectivity index (χ1n) is 7.67. The van der Waals surface area contributed by atoms with E-state index in [0.717, 1.165) is 12.0 Å². The van der Waals surface area contributed by atoms with E-state index in [2.05, 4.69) is 18.3 Å². The standard InChI is InChI=1S/C18H19NO3S/c1-11-7-8-23-16(11)13-10-14(13)17(20)19-15(18(21)22)9-12-5-3-2-4-6-12/h2-8,13-15H,9-10H2,1H3,(H,19,20)(H,21,22)/t13?,14?,15-/m0/s1. The highest BCUT2D eigenvalue weighted by Gasteiger charge is 2.46. The van der Waals surface area contributed by atoms with Crippen LogP contribution in [-0.2, 0) is 16.0 Å². The Hall–Kier alpha value is -2.14. The summed E-state index contributed by atoms with van der Waals surface area (Å²) in [6, 6.07) is 10.5. The van der Waals surface area contributed by atoms with Gasteiger partial charge in [-0.3, -0.25) is 4.79 Å². The third-order valence-electron chi connectivity index (χ3n) is 4.26. The largest absolute Gasteiger partial charge is 0.480 e. The molecule has 0 radical (unpaired) electrons. The smallest absolute Gasteiger partial charge is 0.326 e. The van der Waals surface area contributed by atoms with Crippen LogP contribution < -0.4 is 5.32 Å². The lowest BCUT2D eigenvalue weighted by atomic mass is 10.1. The van der Waals surface area contributed by atoms with E-state index in [1.165, 1.54) is 10.4 Å². The number of benzene rings is 1. The van der Waals surface area contributed by atoms with Gasteiger partial charge in [-0.05, 0) is 35.9 Å². The summed E-state index contributed by atoms with van der Waals surface area (Å²) < 4.78 is 0. The predicted octanol–water partition coefficient (Wildman–Crippen LogP) is 2.97. The quantitative estimate of drug-likeness (QED) is 0.856. The van der Waals surface area contributed by atoms with Crippen molar-refractivity contribution in [3.63, 3.8) is 0 Å². The van der Waals surface area contributed by atoms with Gasteiger partial charge in [0.05, 0.1) is 0 Å². The van der Waals surface area contributed by atoms with Crippen molar-refractivity contribution in [2.75, 3.05) is 0 Å². The Balaban J connectivity index is 1.62. The van der Waals surface area contributed by atoms with Crippen LogP contribution in [0, 0.1) is 12.8 Å². The summed E-state index contributed by atoms with van der Waals surface area (Å²) in [4.78, 5) is 25.0. The molecule has 1 aromatic carbocycles. The molecule has 1 aliphatic rings. The van der Waals surface area contributed by atoms with E-state index < -0.39 is 12.0 Å². The number of carbonyl (C=O) groups is 2. The summed E-state index contributed by atoms with van der Waals surface area (Å²) in [5, 5.41) is 14.1. The topological polar surface area (TPSA) is 66.4 Å². The number of carboxylic acids is 1. The van der Waals surface area contributed by atoms with Crippen molar-refractivity contribution in [1.29, 1.82) is 0 Å². The molecule has 4 nitrogen and oxygen atoms in total. The van der Waals surface area contributed by atoms with Gasteiger partial charge in [0.25, 0.3) is 0 Å². The second-order valence-corrected chi connectivity index (χ2v) is 6.95. The average Bonchev–Trinajstić information content (AvgIpc) is 3.22. The summed E-state index contributed by atoms with van der Waals surface area (Å²) in [5.74, 6) is -0.982. The van der Waals surface area contributed by atoms with Gasteiger partial charge >= 0.3 is 5.97 Å². The fourth-order valence-electron chi connectivity index (χ4n) is 2.87. The Kier molecular flexibility index (Phi) is 4.48. The van der Waals surface area contributed by atoms with Crippen LogP contribution >= 0.6 is 11.3 Å². The second-order valence-electron chi connectivity index (χ2n) is 6.01. The Morgan fingerprint density at radius 1 is 1.30 bits per heavy atom. The van der Waals surface area contributed by atoms with Crippen molar-refractivity contribution in [3.05, 3.63) is 57.8 Å². The van der Waals surface area contributed by atoms with Crippen molar-refractivity contribution < 1.29 is 14.7 Å². The van der Waals surface area contributed by atoms with Crippen molar-refractivity contribution >= 4 is 23.2 Å². The van der Waals surface area contributed by atoms with Crippen LogP contribution in [-0.4, -0.2) is 23.0 Å². The van der Waals surface area contributed by atoms with Gasteiger partial charge in [0, 0.05) is 23.1 Å². The van der Waals surface area contributed by atoms with Crippen LogP contribution in [0.1, 0.15) is 28.3 Å². The molecule has 120 valence electrons. The number of nitrogens with one attached hydrogen (secondary N) is 1. The zero-order valence-electron chi connectivity index (χ0n) is 12.9. The maximum Gasteiger partial charge on any atom is 0.326 e. The Morgan fingerprint density at radius 2 is 2.04 bits per heavy atom. The van der Waals surface area contributed by atoms with Crippen molar-refractivity contribution in [2.24, 2.45) is 5.92 Å². The van der Waals surface area contributed by atoms with Crippen LogP contribution in [0.15, 0.2) is 41.8 Å². The highest BCUT2D eigenvalue weighted by molar-refractivity contribution is 7.10. The molecule has 1 aromatic heterocycles. The normalized spacial score (nSPS) is 20.7. The van der Waals surface area contributed by atoms with Crippen molar-refractivity contribution in [2.45, 2.75) is 31.7 Å². The molecule has 0 bridgehead atoms. The first-order chi connectivity index (χ1) is 11.1. The first kappa shape index (κ1) is 15.7. The number of thiophene rings is 1. The molecular formula is C18H19NO3S. The van der Waals surface area contributed by atoms with E-state index >= 15 is 0 Å². The fraction of sp³-hybridized carbons (Fsp3) is 0.333. The third-order valence-corrected chi connectivity index (χ3v) is 5.41. The van der Waals surface area contributed by atoms with Crippen molar-refractivity contribution in [3.8, 4) is 0 Å². The Labute approximate surface area is 139 Å². The number of carboxylic acid groups (broad SMARTS) is 1. The lowest BCUT2D eigenvalue weighted by Crippen LogP contribution is -2.43. The monoisotopic (exact) mass is 329 g/mol. The maximum absolute atomic E-state index is 12.4. The molecule has 2 N–H and O–H groups in total. The molecule has 5 heteroatoms. The van der Waals surface area contributed by atoms with Gasteiger partial charge < -0.3 is 10.4 Å². The van der Waals surface area contributed by atoms with Crippen LogP contribution in [0.3, 0.4) is 0 Å². The van der Waals surface area contributed by atoms with Crippen LogP contribution in [0.25, 0.3) is 0 Å². The number of aliphatic carboxylic acids is 1. The van der Waals surface area contributed by atoms with Crippen LogP contribution in [0.2, 0.25) is 0 Å². The molecule has 2 unspecified atom stereocenters. The highest BCUT2D eigenvalue weighted by Crippen LogP contribution is 2.50. The minimum atomic E-state index is -0.994. The van der Waals surface area contributed by atoms with E-state index in [1.54, 1.807) is 11.3 Å². The zero-order valence-corrected chi connectivity index (χ0v) is 13.7. The Bertz CT molecular complexity index is 710. The molecule has 1 heterocycles. The molecule has 1 amide bonds. The molecule has 0 spiro atoms. The van der Waals surface area contributed by atoms with Gasteiger partial charge in [-0.2, -0.15) is 0 Å². The minimum absolute atomic E-state index is 0.0926. The number of rotatable bonds is 6. The van der Waals surface area contributed by atoms with Gasteiger partial charge in [-0.1, -0.05) is 30.3 Å². The van der Waals surface area contributed by atoms with E-state index in [1.807, 2.05) is 35.7 Å². The van der Waals surface area contributed by atoms with E-state index in [-0.39, 0.29) is 17.7 Å². The van der Waals surface area contributed by atoms with Gasteiger partial charge in [-0.25, -0.2) is 4.79 Å². The first-order valence-corrected chi connectivity index (χ1v) is 8.55. The van der Waals surface area contributed by atoms with Gasteiger partial charge in [0.15, 0.2) is 0 Å². The highest BCUT2D eigenvalue weighted by atomic mass is 32.1. The zero-order chi connectivity index (χ0) is 16.4. The molecule has 0 aliphatic heterocycles. The summed E-state index contributed by atoms with van der Waals surface area (Å²) in [6.07, 6.45) is 1.11. The summed E-state index contributed by atoms with van der Waals surface area (Å²) in [7, 11) is 0. The van der Waals surface area contributed by atoms with E-state index in [9.17, 15) is 14.7 Å². The minimum Gasteiger partial charge on any atom is -0.480 e. The Morgan fingerprint density at radius 3 is 2.65 bits per heavy atom. The molecule has 3 atom stereocenters. The molecular weight excluding hydrogens is 310 g/mol. The van der Waals surface area contributed by atoms with Crippen molar-refractivity contribution in [1.82, 2.24) is 5.32 Å². The van der Waals surface area contributed by atoms with E-state index in [4.69, 9.17) is 0 Å². The molecule has 3 rings (SSSR count).